The third kappa shape index (κ3) is 7.49. The third-order valence-electron chi connectivity index (χ3n) is 5.94. The maximum Gasteiger partial charge on any atom is 0.416 e. The number of hydrogen-bond donors (Lipinski definition) is 2. The Bertz CT molecular complexity index is 1190. The van der Waals surface area contributed by atoms with Crippen LogP contribution >= 0.6 is 0 Å². The monoisotopic (exact) mass is 501 g/mol. The summed E-state index contributed by atoms with van der Waals surface area (Å²) in [5, 5.41) is 12.3. The van der Waals surface area contributed by atoms with Crippen LogP contribution in [0.2, 0.25) is 0 Å². The van der Waals surface area contributed by atoms with Crippen LogP contribution in [-0.2, 0) is 17.4 Å². The Labute approximate surface area is 208 Å². The van der Waals surface area contributed by atoms with Crippen molar-refractivity contribution in [3.63, 3.8) is 0 Å². The van der Waals surface area contributed by atoms with E-state index in [1.54, 1.807) is 31.4 Å². The zero-order valence-electron chi connectivity index (χ0n) is 20.5. The van der Waals surface area contributed by atoms with Crippen LogP contribution in [0.3, 0.4) is 0 Å². The van der Waals surface area contributed by atoms with Crippen molar-refractivity contribution in [1.82, 2.24) is 5.32 Å². The summed E-state index contributed by atoms with van der Waals surface area (Å²) in [7, 11) is 1.60. The van der Waals surface area contributed by atoms with Crippen molar-refractivity contribution < 1.29 is 32.5 Å². The van der Waals surface area contributed by atoms with Gasteiger partial charge in [-0.3, -0.25) is 4.79 Å². The molecule has 0 aliphatic carbocycles. The minimum atomic E-state index is -4.54. The molecule has 1 atom stereocenters. The highest BCUT2D eigenvalue weighted by atomic mass is 19.4. The summed E-state index contributed by atoms with van der Waals surface area (Å²) >= 11 is 0. The van der Waals surface area contributed by atoms with E-state index in [0.717, 1.165) is 34.6 Å². The van der Waals surface area contributed by atoms with E-state index in [4.69, 9.17) is 14.6 Å². The van der Waals surface area contributed by atoms with Crippen LogP contribution in [0.25, 0.3) is 11.1 Å². The summed E-state index contributed by atoms with van der Waals surface area (Å²) in [5.74, 6) is -0.0664. The lowest BCUT2D eigenvalue weighted by atomic mass is 9.96. The van der Waals surface area contributed by atoms with Crippen molar-refractivity contribution >= 4 is 5.97 Å². The van der Waals surface area contributed by atoms with Crippen molar-refractivity contribution in [3.8, 4) is 22.6 Å². The fraction of sp³-hybridized carbons (Fsp3) is 0.321. The van der Waals surface area contributed by atoms with Gasteiger partial charge in [0.05, 0.1) is 12.7 Å². The van der Waals surface area contributed by atoms with Gasteiger partial charge in [0.15, 0.2) is 0 Å². The first kappa shape index (κ1) is 27.1. The van der Waals surface area contributed by atoms with Gasteiger partial charge in [-0.15, -0.1) is 0 Å². The third-order valence-corrected chi connectivity index (χ3v) is 5.94. The zero-order chi connectivity index (χ0) is 26.3. The number of carboxylic acid groups (broad SMARTS) is 1. The Morgan fingerprint density at radius 3 is 2.50 bits per heavy atom. The number of rotatable bonds is 11. The minimum Gasteiger partial charge on any atom is -0.497 e. The second-order valence-corrected chi connectivity index (χ2v) is 8.58. The molecule has 0 aliphatic rings. The van der Waals surface area contributed by atoms with Gasteiger partial charge in [0.2, 0.25) is 0 Å². The molecule has 5 nitrogen and oxygen atoms in total. The Morgan fingerprint density at radius 1 is 1.03 bits per heavy atom. The maximum atomic E-state index is 13.6. The molecule has 0 saturated heterocycles. The number of halogens is 3. The first-order chi connectivity index (χ1) is 17.1. The van der Waals surface area contributed by atoms with Gasteiger partial charge in [-0.05, 0) is 78.4 Å². The lowest BCUT2D eigenvalue weighted by molar-refractivity contribution is -0.138. The van der Waals surface area contributed by atoms with Crippen LogP contribution in [0.15, 0.2) is 60.7 Å². The molecule has 0 spiro atoms. The molecule has 0 aromatic heterocycles. The normalized spacial score (nSPS) is 12.3. The Morgan fingerprint density at radius 2 is 1.81 bits per heavy atom. The van der Waals surface area contributed by atoms with Crippen molar-refractivity contribution in [3.05, 3.63) is 82.9 Å². The van der Waals surface area contributed by atoms with Crippen molar-refractivity contribution in [2.45, 2.75) is 38.9 Å². The molecule has 0 heterocycles. The fourth-order valence-corrected chi connectivity index (χ4v) is 3.85. The second kappa shape index (κ2) is 11.9. The van der Waals surface area contributed by atoms with Crippen LogP contribution in [0, 0.1) is 6.92 Å². The molecule has 0 amide bonds. The highest BCUT2D eigenvalue weighted by Crippen LogP contribution is 2.36. The SMILES string of the molecule is COc1cccc([C@@H](C)NCCOc2cc(-c3ccc(C)c(CCC(=O)O)c3)cc(C(F)(F)F)c2)c1. The second-order valence-electron chi connectivity index (χ2n) is 8.58. The number of ether oxygens (including phenoxy) is 2. The number of hydrogen-bond acceptors (Lipinski definition) is 4. The van der Waals surface area contributed by atoms with E-state index < -0.39 is 17.7 Å². The van der Waals surface area contributed by atoms with Crippen molar-refractivity contribution in [1.29, 1.82) is 0 Å². The lowest BCUT2D eigenvalue weighted by Gasteiger charge is -2.17. The molecule has 0 radical (unpaired) electrons. The number of carbonyl (C=O) groups is 1. The van der Waals surface area contributed by atoms with E-state index in [2.05, 4.69) is 5.32 Å². The summed E-state index contributed by atoms with van der Waals surface area (Å²) < 4.78 is 51.8. The Balaban J connectivity index is 1.74. The summed E-state index contributed by atoms with van der Waals surface area (Å²) in [4.78, 5) is 11.0. The number of methoxy groups -OCH3 is 1. The quantitative estimate of drug-likeness (QED) is 0.296. The van der Waals surface area contributed by atoms with Gasteiger partial charge in [0, 0.05) is 19.0 Å². The molecule has 0 saturated carbocycles. The zero-order valence-corrected chi connectivity index (χ0v) is 20.5. The number of carboxylic acids is 1. The van der Waals surface area contributed by atoms with Gasteiger partial charge >= 0.3 is 12.1 Å². The predicted octanol–water partition coefficient (Wildman–Crippen LogP) is 6.44. The average molecular weight is 502 g/mol. The maximum absolute atomic E-state index is 13.6. The summed E-state index contributed by atoms with van der Waals surface area (Å²) in [6.45, 7) is 4.43. The van der Waals surface area contributed by atoms with Crippen LogP contribution < -0.4 is 14.8 Å². The number of nitrogens with one attached hydrogen (secondary N) is 1. The van der Waals surface area contributed by atoms with E-state index in [-0.39, 0.29) is 24.8 Å². The first-order valence-electron chi connectivity index (χ1n) is 11.6. The average Bonchev–Trinajstić information content (AvgIpc) is 2.85. The van der Waals surface area contributed by atoms with E-state index in [0.29, 0.717) is 24.1 Å². The van der Waals surface area contributed by atoms with Gasteiger partial charge in [-0.25, -0.2) is 0 Å². The summed E-state index contributed by atoms with van der Waals surface area (Å²) in [5.41, 5.74) is 2.81. The van der Waals surface area contributed by atoms with Crippen LogP contribution in [-0.4, -0.2) is 31.3 Å². The van der Waals surface area contributed by atoms with Crippen molar-refractivity contribution in [2.24, 2.45) is 0 Å². The molecule has 192 valence electrons. The molecule has 3 aromatic carbocycles. The number of aryl methyl sites for hydroxylation is 2. The van der Waals surface area contributed by atoms with Crippen molar-refractivity contribution in [2.75, 3.05) is 20.3 Å². The van der Waals surface area contributed by atoms with Crippen LogP contribution in [0.5, 0.6) is 11.5 Å². The lowest BCUT2D eigenvalue weighted by Crippen LogP contribution is -2.24. The van der Waals surface area contributed by atoms with Gasteiger partial charge < -0.3 is 19.9 Å². The number of benzene rings is 3. The largest absolute Gasteiger partial charge is 0.497 e. The van der Waals surface area contributed by atoms with Crippen LogP contribution in [0.1, 0.15) is 41.6 Å². The standard InChI is InChI=1S/C28H30F3NO4/c1-18-7-8-22(13-20(18)9-10-27(33)34)23-14-24(28(29,30)31)17-26(16-23)36-12-11-32-19(2)21-5-4-6-25(15-21)35-3/h4-8,13-17,19,32H,9-12H2,1-3H3,(H,33,34)/t19-/m1/s1. The molecule has 2 N–H and O–H groups in total. The molecule has 0 bridgehead atoms. The van der Waals surface area contributed by atoms with E-state index in [1.807, 2.05) is 38.1 Å². The Hall–Kier alpha value is -3.52. The van der Waals surface area contributed by atoms with E-state index in [9.17, 15) is 18.0 Å². The highest BCUT2D eigenvalue weighted by molar-refractivity contribution is 5.69. The molecule has 8 heteroatoms. The molecule has 0 unspecified atom stereocenters. The van der Waals surface area contributed by atoms with Gasteiger partial charge in [0.1, 0.15) is 18.1 Å². The summed E-state index contributed by atoms with van der Waals surface area (Å²) in [6.07, 6.45) is -4.29. The molecular weight excluding hydrogens is 471 g/mol. The first-order valence-corrected chi connectivity index (χ1v) is 11.6. The van der Waals surface area contributed by atoms with Gasteiger partial charge in [0.25, 0.3) is 0 Å². The minimum absolute atomic E-state index is 0.00227. The molecule has 3 rings (SSSR count). The van der Waals surface area contributed by atoms with E-state index in [1.165, 1.54) is 0 Å². The number of aliphatic carboxylic acids is 1. The molecular formula is C28H30F3NO4. The number of alkyl halides is 3. The van der Waals surface area contributed by atoms with Crippen LogP contribution in [0.4, 0.5) is 13.2 Å². The molecule has 3 aromatic rings. The molecule has 0 aliphatic heterocycles. The van der Waals surface area contributed by atoms with Gasteiger partial charge in [-0.1, -0.05) is 30.3 Å². The smallest absolute Gasteiger partial charge is 0.416 e. The topological polar surface area (TPSA) is 67.8 Å². The van der Waals surface area contributed by atoms with Gasteiger partial charge in [-0.2, -0.15) is 13.2 Å². The van der Waals surface area contributed by atoms with E-state index >= 15 is 0 Å². The summed E-state index contributed by atoms with van der Waals surface area (Å²) in [6, 6.07) is 16.6. The molecule has 36 heavy (non-hydrogen) atoms. The fourth-order valence-electron chi connectivity index (χ4n) is 3.85. The Kier molecular flexibility index (Phi) is 8.98. The predicted molar refractivity (Wildman–Crippen MR) is 132 cm³/mol. The molecule has 0 fully saturated rings. The highest BCUT2D eigenvalue weighted by Gasteiger charge is 2.31.